The summed E-state index contributed by atoms with van der Waals surface area (Å²) >= 11 is 0. The molecule has 0 radical (unpaired) electrons. The summed E-state index contributed by atoms with van der Waals surface area (Å²) in [5.74, 6) is 8.30. The number of fused-ring (bicyclic) bond motifs is 2. The Morgan fingerprint density at radius 2 is 1.53 bits per heavy atom. The van der Waals surface area contributed by atoms with Crippen molar-refractivity contribution in [2.24, 2.45) is 0 Å². The molecule has 224 valence electrons. The molecule has 3 atom stereocenters. The summed E-state index contributed by atoms with van der Waals surface area (Å²) in [5.41, 5.74) is 4.74. The largest absolute Gasteiger partial charge is 0.444 e. The summed E-state index contributed by atoms with van der Waals surface area (Å²) in [6.07, 6.45) is 5.47. The maximum absolute atomic E-state index is 12.8. The van der Waals surface area contributed by atoms with Gasteiger partial charge in [-0.25, -0.2) is 14.8 Å². The number of likely N-dealkylation sites (tertiary alicyclic amines) is 2. The Balaban J connectivity index is 1.20. The minimum absolute atomic E-state index is 0.0116. The molecule has 0 bridgehead atoms. The smallest absolute Gasteiger partial charge is 0.410 e. The summed E-state index contributed by atoms with van der Waals surface area (Å²) in [7, 11) is 0. The maximum atomic E-state index is 12.8. The van der Waals surface area contributed by atoms with Crippen LogP contribution in [0.25, 0.3) is 22.1 Å². The summed E-state index contributed by atoms with van der Waals surface area (Å²) < 4.78 is 5.63. The number of H-pyrrole nitrogens is 2. The summed E-state index contributed by atoms with van der Waals surface area (Å²) in [4.78, 5) is 45.6. The van der Waals surface area contributed by atoms with Gasteiger partial charge in [0.2, 0.25) is 5.91 Å². The predicted molar refractivity (Wildman–Crippen MR) is 166 cm³/mol. The SMILES string of the molecule is CCCC1CCC(c2nc3ccc(C#Cc4ccc5nc(C6CCCN6C(=O)OC(C)(C)C)[nH]c5c4)cc3[nH]2)N1C(C)=O. The van der Waals surface area contributed by atoms with Gasteiger partial charge in [0, 0.05) is 30.6 Å². The molecular weight excluding hydrogens is 540 g/mol. The van der Waals surface area contributed by atoms with Gasteiger partial charge in [0.1, 0.15) is 17.2 Å². The van der Waals surface area contributed by atoms with Gasteiger partial charge in [-0.1, -0.05) is 25.2 Å². The molecule has 4 heterocycles. The Morgan fingerprint density at radius 3 is 2.09 bits per heavy atom. The molecule has 9 heteroatoms. The summed E-state index contributed by atoms with van der Waals surface area (Å²) in [6, 6.07) is 12.1. The van der Waals surface area contributed by atoms with Crippen LogP contribution in [0.15, 0.2) is 36.4 Å². The Labute approximate surface area is 252 Å². The van der Waals surface area contributed by atoms with Crippen LogP contribution in [0, 0.1) is 11.8 Å². The molecule has 9 nitrogen and oxygen atoms in total. The molecule has 0 spiro atoms. The molecule has 2 amide bonds. The molecule has 3 unspecified atom stereocenters. The number of ether oxygens (including phenoxy) is 1. The highest BCUT2D eigenvalue weighted by Crippen LogP contribution is 2.37. The molecule has 2 aromatic carbocycles. The van der Waals surface area contributed by atoms with E-state index in [2.05, 4.69) is 28.7 Å². The minimum Gasteiger partial charge on any atom is -0.444 e. The quantitative estimate of drug-likeness (QED) is 0.259. The van der Waals surface area contributed by atoms with Crippen molar-refractivity contribution >= 4 is 34.1 Å². The van der Waals surface area contributed by atoms with Gasteiger partial charge in [-0.05, 0) is 89.3 Å². The van der Waals surface area contributed by atoms with E-state index in [1.165, 1.54) is 0 Å². The molecule has 0 saturated carbocycles. The van der Waals surface area contributed by atoms with Gasteiger partial charge in [-0.3, -0.25) is 9.69 Å². The van der Waals surface area contributed by atoms with Gasteiger partial charge in [0.15, 0.2) is 0 Å². The highest BCUT2D eigenvalue weighted by atomic mass is 16.6. The average Bonchev–Trinajstić information content (AvgIpc) is 3.74. The zero-order valence-corrected chi connectivity index (χ0v) is 25.7. The predicted octanol–water partition coefficient (Wildman–Crippen LogP) is 6.76. The van der Waals surface area contributed by atoms with Crippen LogP contribution in [0.5, 0.6) is 0 Å². The van der Waals surface area contributed by atoms with Crippen LogP contribution in [0.1, 0.15) is 108 Å². The lowest BCUT2D eigenvalue weighted by atomic mass is 10.1. The molecular formula is C34H40N6O3. The lowest BCUT2D eigenvalue weighted by molar-refractivity contribution is -0.132. The van der Waals surface area contributed by atoms with Crippen LogP contribution < -0.4 is 0 Å². The number of aromatic amines is 2. The number of nitrogens with zero attached hydrogens (tertiary/aromatic N) is 4. The fraction of sp³-hybridized carbons (Fsp3) is 0.471. The number of benzene rings is 2. The van der Waals surface area contributed by atoms with Gasteiger partial charge in [-0.2, -0.15) is 0 Å². The van der Waals surface area contributed by atoms with E-state index in [1.807, 2.05) is 62.1 Å². The van der Waals surface area contributed by atoms with Crippen molar-refractivity contribution in [2.45, 2.75) is 96.9 Å². The number of nitrogens with one attached hydrogen (secondary N) is 2. The van der Waals surface area contributed by atoms with Crippen LogP contribution in [0.4, 0.5) is 4.79 Å². The van der Waals surface area contributed by atoms with Crippen molar-refractivity contribution < 1.29 is 14.3 Å². The molecule has 0 aliphatic carbocycles. The number of hydrogen-bond acceptors (Lipinski definition) is 5. The number of rotatable bonds is 4. The van der Waals surface area contributed by atoms with E-state index in [9.17, 15) is 9.59 Å². The normalized spacial score (nSPS) is 20.5. The molecule has 2 aliphatic rings. The first-order chi connectivity index (χ1) is 20.6. The van der Waals surface area contributed by atoms with Gasteiger partial charge in [0.05, 0.1) is 34.2 Å². The van der Waals surface area contributed by atoms with Gasteiger partial charge < -0.3 is 19.6 Å². The highest BCUT2D eigenvalue weighted by molar-refractivity contribution is 5.79. The molecule has 6 rings (SSSR count). The molecule has 4 aromatic rings. The third-order valence-corrected chi connectivity index (χ3v) is 8.35. The van der Waals surface area contributed by atoms with E-state index in [-0.39, 0.29) is 30.1 Å². The van der Waals surface area contributed by atoms with E-state index in [0.29, 0.717) is 6.54 Å². The van der Waals surface area contributed by atoms with Crippen LogP contribution in [-0.2, 0) is 9.53 Å². The summed E-state index contributed by atoms with van der Waals surface area (Å²) in [6.45, 7) is 10.1. The van der Waals surface area contributed by atoms with Crippen molar-refractivity contribution in [1.82, 2.24) is 29.7 Å². The standard InChI is InChI=1S/C34H40N6O3/c1-6-8-24-14-17-30(40(24)21(2)41)32-36-26-16-13-23(20-28(26)38-32)11-10-22-12-15-25-27(19-22)37-31(35-25)29-9-7-18-39(29)33(42)43-34(3,4)5/h12-13,15-16,19-20,24,29-30H,6-9,14,17-18H2,1-5H3,(H,35,37)(H,36,38). The fourth-order valence-electron chi connectivity index (χ4n) is 6.51. The number of aromatic nitrogens is 4. The Morgan fingerprint density at radius 1 is 0.930 bits per heavy atom. The van der Waals surface area contributed by atoms with E-state index in [0.717, 1.165) is 83.4 Å². The topological polar surface area (TPSA) is 107 Å². The van der Waals surface area contributed by atoms with Crippen LogP contribution in [-0.4, -0.2) is 59.9 Å². The molecule has 2 N–H and O–H groups in total. The first-order valence-corrected chi connectivity index (χ1v) is 15.4. The molecule has 2 aliphatic heterocycles. The Bertz CT molecular complexity index is 1740. The Kier molecular flexibility index (Phi) is 7.63. The van der Waals surface area contributed by atoms with Crippen molar-refractivity contribution in [3.63, 3.8) is 0 Å². The van der Waals surface area contributed by atoms with Crippen molar-refractivity contribution in [3.8, 4) is 11.8 Å². The summed E-state index contributed by atoms with van der Waals surface area (Å²) in [5, 5.41) is 0. The van der Waals surface area contributed by atoms with E-state index in [1.54, 1.807) is 11.8 Å². The fourth-order valence-corrected chi connectivity index (χ4v) is 6.51. The number of amides is 2. The second kappa shape index (κ2) is 11.4. The van der Waals surface area contributed by atoms with Crippen molar-refractivity contribution in [2.75, 3.05) is 6.54 Å². The van der Waals surface area contributed by atoms with Crippen molar-refractivity contribution in [3.05, 3.63) is 59.2 Å². The third-order valence-electron chi connectivity index (χ3n) is 8.35. The lowest BCUT2D eigenvalue weighted by Gasteiger charge is -2.28. The number of hydrogen-bond donors (Lipinski definition) is 2. The third kappa shape index (κ3) is 5.96. The first kappa shape index (κ1) is 28.8. The number of carbonyl (C=O) groups is 2. The number of imidazole rings is 2. The van der Waals surface area contributed by atoms with E-state index < -0.39 is 5.60 Å². The highest BCUT2D eigenvalue weighted by Gasteiger charge is 2.37. The van der Waals surface area contributed by atoms with Crippen LogP contribution in [0.2, 0.25) is 0 Å². The van der Waals surface area contributed by atoms with Crippen molar-refractivity contribution in [1.29, 1.82) is 0 Å². The van der Waals surface area contributed by atoms with Gasteiger partial charge in [0.25, 0.3) is 0 Å². The molecule has 2 fully saturated rings. The molecule has 2 aromatic heterocycles. The minimum atomic E-state index is -0.541. The maximum Gasteiger partial charge on any atom is 0.410 e. The second-order valence-corrected chi connectivity index (χ2v) is 12.8. The van der Waals surface area contributed by atoms with E-state index in [4.69, 9.17) is 14.7 Å². The van der Waals surface area contributed by atoms with E-state index >= 15 is 0 Å². The first-order valence-electron chi connectivity index (χ1n) is 15.4. The lowest BCUT2D eigenvalue weighted by Crippen LogP contribution is -2.36. The molecule has 2 saturated heterocycles. The van der Waals surface area contributed by atoms with Gasteiger partial charge in [-0.15, -0.1) is 0 Å². The Hall–Kier alpha value is -4.32. The second-order valence-electron chi connectivity index (χ2n) is 12.8. The zero-order valence-electron chi connectivity index (χ0n) is 25.7. The molecule has 43 heavy (non-hydrogen) atoms. The number of carbonyl (C=O) groups excluding carboxylic acids is 2. The zero-order chi connectivity index (χ0) is 30.3. The van der Waals surface area contributed by atoms with Crippen LogP contribution >= 0.6 is 0 Å². The average molecular weight is 581 g/mol. The van der Waals surface area contributed by atoms with Gasteiger partial charge >= 0.3 is 6.09 Å². The monoisotopic (exact) mass is 580 g/mol. The van der Waals surface area contributed by atoms with Crippen LogP contribution in [0.3, 0.4) is 0 Å².